The van der Waals surface area contributed by atoms with Crippen molar-refractivity contribution in [3.05, 3.63) is 36.3 Å². The number of pyridine rings is 1. The van der Waals surface area contributed by atoms with Crippen molar-refractivity contribution >= 4 is 5.91 Å². The van der Waals surface area contributed by atoms with E-state index >= 15 is 0 Å². The molecule has 6 heteroatoms. The number of aromatic nitrogens is 3. The fourth-order valence-corrected chi connectivity index (χ4v) is 3.39. The van der Waals surface area contributed by atoms with Crippen LogP contribution in [-0.2, 0) is 18.4 Å². The molecule has 0 saturated heterocycles. The molecule has 1 aliphatic rings. The number of rotatable bonds is 7. The second-order valence-electron chi connectivity index (χ2n) is 6.74. The van der Waals surface area contributed by atoms with Gasteiger partial charge in [0.2, 0.25) is 5.91 Å². The van der Waals surface area contributed by atoms with Gasteiger partial charge in [0, 0.05) is 62.3 Å². The van der Waals surface area contributed by atoms with E-state index < -0.39 is 0 Å². The molecule has 2 aromatic heterocycles. The van der Waals surface area contributed by atoms with Crippen LogP contribution in [0.3, 0.4) is 0 Å². The molecule has 2 aromatic rings. The molecule has 1 saturated carbocycles. The topological polar surface area (TPSA) is 71.8 Å². The van der Waals surface area contributed by atoms with E-state index in [9.17, 15) is 4.79 Å². The highest BCUT2D eigenvalue weighted by Gasteiger charge is 2.15. The van der Waals surface area contributed by atoms with Gasteiger partial charge in [0.05, 0.1) is 5.69 Å². The largest absolute Gasteiger partial charge is 0.353 e. The first kappa shape index (κ1) is 17.6. The highest BCUT2D eigenvalue weighted by Crippen LogP contribution is 2.21. The first-order valence-corrected chi connectivity index (χ1v) is 9.15. The van der Waals surface area contributed by atoms with Gasteiger partial charge in [-0.1, -0.05) is 19.3 Å². The summed E-state index contributed by atoms with van der Waals surface area (Å²) in [6.07, 6.45) is 12.1. The zero-order valence-electron chi connectivity index (χ0n) is 14.9. The van der Waals surface area contributed by atoms with Crippen LogP contribution >= 0.6 is 0 Å². The standard InChI is InChI=1S/C19H27N5O/c1-24-14-16(19(23-24)15-7-10-20-11-8-15)13-21-12-9-18(25)22-17-5-3-2-4-6-17/h7-8,10-11,14,17,21H,2-6,9,12-13H2,1H3,(H,22,25). The van der Waals surface area contributed by atoms with Crippen LogP contribution in [-0.4, -0.2) is 33.3 Å². The number of aryl methyl sites for hydroxylation is 1. The van der Waals surface area contributed by atoms with Gasteiger partial charge in [-0.3, -0.25) is 14.5 Å². The average Bonchev–Trinajstić information content (AvgIpc) is 3.01. The predicted molar refractivity (Wildman–Crippen MR) is 97.8 cm³/mol. The molecule has 134 valence electrons. The van der Waals surface area contributed by atoms with Crippen LogP contribution in [0.2, 0.25) is 0 Å². The lowest BCUT2D eigenvalue weighted by molar-refractivity contribution is -0.121. The third-order valence-electron chi connectivity index (χ3n) is 4.67. The smallest absolute Gasteiger partial charge is 0.221 e. The lowest BCUT2D eigenvalue weighted by atomic mass is 9.95. The molecule has 0 unspecified atom stereocenters. The molecule has 0 radical (unpaired) electrons. The number of hydrogen-bond acceptors (Lipinski definition) is 4. The third-order valence-corrected chi connectivity index (χ3v) is 4.67. The lowest BCUT2D eigenvalue weighted by Gasteiger charge is -2.22. The number of nitrogens with one attached hydrogen (secondary N) is 2. The van der Waals surface area contributed by atoms with Crippen LogP contribution in [0, 0.1) is 0 Å². The highest BCUT2D eigenvalue weighted by atomic mass is 16.1. The Balaban J connectivity index is 1.45. The summed E-state index contributed by atoms with van der Waals surface area (Å²) in [7, 11) is 1.92. The van der Waals surface area contributed by atoms with Crippen molar-refractivity contribution in [2.45, 2.75) is 51.1 Å². The minimum absolute atomic E-state index is 0.153. The van der Waals surface area contributed by atoms with Crippen LogP contribution < -0.4 is 10.6 Å². The van der Waals surface area contributed by atoms with E-state index in [0.717, 1.165) is 29.7 Å². The molecule has 1 amide bonds. The molecule has 1 aliphatic carbocycles. The second-order valence-corrected chi connectivity index (χ2v) is 6.74. The van der Waals surface area contributed by atoms with Gasteiger partial charge in [0.25, 0.3) is 0 Å². The van der Waals surface area contributed by atoms with E-state index in [0.29, 0.717) is 25.6 Å². The Morgan fingerprint density at radius 1 is 1.24 bits per heavy atom. The van der Waals surface area contributed by atoms with Crippen molar-refractivity contribution in [2.75, 3.05) is 6.54 Å². The van der Waals surface area contributed by atoms with Crippen LogP contribution in [0.15, 0.2) is 30.7 Å². The van der Waals surface area contributed by atoms with Crippen LogP contribution in [0.4, 0.5) is 0 Å². The van der Waals surface area contributed by atoms with Gasteiger partial charge in [-0.05, 0) is 25.0 Å². The summed E-state index contributed by atoms with van der Waals surface area (Å²) in [5.74, 6) is 0.153. The molecule has 6 nitrogen and oxygen atoms in total. The summed E-state index contributed by atoms with van der Waals surface area (Å²) < 4.78 is 1.82. The Morgan fingerprint density at radius 3 is 2.76 bits per heavy atom. The number of amides is 1. The molecule has 2 N–H and O–H groups in total. The quantitative estimate of drug-likeness (QED) is 0.759. The van der Waals surface area contributed by atoms with Gasteiger partial charge < -0.3 is 10.6 Å². The van der Waals surface area contributed by atoms with Crippen molar-refractivity contribution in [1.82, 2.24) is 25.4 Å². The minimum Gasteiger partial charge on any atom is -0.353 e. The maximum absolute atomic E-state index is 12.0. The van der Waals surface area contributed by atoms with Gasteiger partial charge in [0.1, 0.15) is 0 Å². The Hall–Kier alpha value is -2.21. The number of hydrogen-bond donors (Lipinski definition) is 2. The van der Waals surface area contributed by atoms with Gasteiger partial charge in [0.15, 0.2) is 0 Å². The second kappa shape index (κ2) is 8.76. The molecule has 2 heterocycles. The minimum atomic E-state index is 0.153. The zero-order chi connectivity index (χ0) is 17.5. The summed E-state index contributed by atoms with van der Waals surface area (Å²) in [5.41, 5.74) is 3.15. The first-order chi connectivity index (χ1) is 12.2. The van der Waals surface area contributed by atoms with Gasteiger partial charge in [-0.2, -0.15) is 5.10 Å². The molecular formula is C19H27N5O. The fourth-order valence-electron chi connectivity index (χ4n) is 3.39. The summed E-state index contributed by atoms with van der Waals surface area (Å²) in [6.45, 7) is 1.37. The summed E-state index contributed by atoms with van der Waals surface area (Å²) in [5, 5.41) is 11.1. The van der Waals surface area contributed by atoms with Crippen molar-refractivity contribution < 1.29 is 4.79 Å². The fraction of sp³-hybridized carbons (Fsp3) is 0.526. The van der Waals surface area contributed by atoms with Crippen molar-refractivity contribution in [2.24, 2.45) is 7.05 Å². The zero-order valence-corrected chi connectivity index (χ0v) is 14.9. The van der Waals surface area contributed by atoms with E-state index in [4.69, 9.17) is 0 Å². The maximum atomic E-state index is 12.0. The van der Waals surface area contributed by atoms with E-state index in [1.807, 2.05) is 30.1 Å². The van der Waals surface area contributed by atoms with E-state index in [2.05, 4.69) is 20.7 Å². The normalized spacial score (nSPS) is 15.2. The van der Waals surface area contributed by atoms with Gasteiger partial charge >= 0.3 is 0 Å². The molecule has 0 aliphatic heterocycles. The molecule has 0 bridgehead atoms. The average molecular weight is 341 g/mol. The molecule has 1 fully saturated rings. The Morgan fingerprint density at radius 2 is 2.00 bits per heavy atom. The number of nitrogens with zero attached hydrogens (tertiary/aromatic N) is 3. The monoisotopic (exact) mass is 341 g/mol. The van der Waals surface area contributed by atoms with E-state index in [-0.39, 0.29) is 5.91 Å². The van der Waals surface area contributed by atoms with Gasteiger partial charge in [-0.25, -0.2) is 0 Å². The summed E-state index contributed by atoms with van der Waals surface area (Å²) in [4.78, 5) is 16.1. The highest BCUT2D eigenvalue weighted by molar-refractivity contribution is 5.76. The van der Waals surface area contributed by atoms with Crippen LogP contribution in [0.1, 0.15) is 44.1 Å². The first-order valence-electron chi connectivity index (χ1n) is 9.15. The predicted octanol–water partition coefficient (Wildman–Crippen LogP) is 2.41. The number of carbonyl (C=O) groups is 1. The molecule has 25 heavy (non-hydrogen) atoms. The molecule has 0 atom stereocenters. The van der Waals surface area contributed by atoms with Crippen LogP contribution in [0.5, 0.6) is 0 Å². The Labute approximate surface area is 149 Å². The third kappa shape index (κ3) is 5.13. The molecule has 3 rings (SSSR count). The summed E-state index contributed by atoms with van der Waals surface area (Å²) in [6, 6.07) is 4.31. The van der Waals surface area contributed by atoms with Crippen molar-refractivity contribution in [3.63, 3.8) is 0 Å². The maximum Gasteiger partial charge on any atom is 0.221 e. The van der Waals surface area contributed by atoms with Gasteiger partial charge in [-0.15, -0.1) is 0 Å². The van der Waals surface area contributed by atoms with Crippen molar-refractivity contribution in [1.29, 1.82) is 0 Å². The van der Waals surface area contributed by atoms with E-state index in [1.54, 1.807) is 12.4 Å². The SMILES string of the molecule is Cn1cc(CNCCC(=O)NC2CCCCC2)c(-c2ccncc2)n1. The molecule has 0 aromatic carbocycles. The molecular weight excluding hydrogens is 314 g/mol. The van der Waals surface area contributed by atoms with Crippen molar-refractivity contribution in [3.8, 4) is 11.3 Å². The van der Waals surface area contributed by atoms with Crippen LogP contribution in [0.25, 0.3) is 11.3 Å². The van der Waals surface area contributed by atoms with E-state index in [1.165, 1.54) is 19.3 Å². The molecule has 0 spiro atoms. The number of carbonyl (C=O) groups excluding carboxylic acids is 1. The Kier molecular flexibility index (Phi) is 6.17. The summed E-state index contributed by atoms with van der Waals surface area (Å²) >= 11 is 0. The lowest BCUT2D eigenvalue weighted by Crippen LogP contribution is -2.37. The Bertz CT molecular complexity index is 676.